The lowest BCUT2D eigenvalue weighted by molar-refractivity contribution is 0.244. The first kappa shape index (κ1) is 10.6. The minimum Gasteiger partial charge on any atom is -0.490 e. The van der Waals surface area contributed by atoms with Gasteiger partial charge in [-0.25, -0.2) is 9.37 Å². The summed E-state index contributed by atoms with van der Waals surface area (Å²) in [6.07, 6.45) is 1.10. The van der Waals surface area contributed by atoms with E-state index in [0.29, 0.717) is 5.52 Å². The zero-order valence-corrected chi connectivity index (χ0v) is 8.95. The average molecular weight is 222 g/mol. The van der Waals surface area contributed by atoms with E-state index in [2.05, 4.69) is 9.97 Å². The van der Waals surface area contributed by atoms with Crippen molar-refractivity contribution in [2.75, 3.05) is 0 Å². The molecule has 1 aromatic carbocycles. The fourth-order valence-corrected chi connectivity index (χ4v) is 1.48. The summed E-state index contributed by atoms with van der Waals surface area (Å²) in [5, 5.41) is 0.276. The number of hydrogen-bond acceptors (Lipinski definition) is 3. The van der Waals surface area contributed by atoms with Gasteiger partial charge in [0.25, 0.3) is 5.56 Å². The third-order valence-electron chi connectivity index (χ3n) is 2.04. The van der Waals surface area contributed by atoms with Crippen LogP contribution in [-0.4, -0.2) is 16.1 Å². The van der Waals surface area contributed by atoms with E-state index in [9.17, 15) is 9.18 Å². The summed E-state index contributed by atoms with van der Waals surface area (Å²) < 4.78 is 18.6. The zero-order chi connectivity index (χ0) is 11.7. The van der Waals surface area contributed by atoms with Gasteiger partial charge in [0.15, 0.2) is 0 Å². The Labute approximate surface area is 91.1 Å². The molecule has 0 aliphatic rings. The minimum atomic E-state index is -0.471. The second-order valence-electron chi connectivity index (χ2n) is 3.70. The van der Waals surface area contributed by atoms with Crippen LogP contribution in [0.3, 0.4) is 0 Å². The Morgan fingerprint density at radius 2 is 2.19 bits per heavy atom. The number of halogens is 1. The van der Waals surface area contributed by atoms with Crippen molar-refractivity contribution in [1.82, 2.24) is 9.97 Å². The maximum absolute atomic E-state index is 13.2. The topological polar surface area (TPSA) is 55.0 Å². The molecule has 0 fully saturated rings. The number of nitrogens with one attached hydrogen (secondary N) is 1. The largest absolute Gasteiger partial charge is 0.490 e. The predicted molar refractivity (Wildman–Crippen MR) is 58.1 cm³/mol. The second-order valence-corrected chi connectivity index (χ2v) is 3.70. The van der Waals surface area contributed by atoms with E-state index in [0.717, 1.165) is 0 Å². The number of ether oxygens (including phenoxy) is 1. The van der Waals surface area contributed by atoms with Gasteiger partial charge in [-0.15, -0.1) is 0 Å². The molecule has 0 radical (unpaired) electrons. The van der Waals surface area contributed by atoms with Gasteiger partial charge in [0.05, 0.1) is 17.9 Å². The van der Waals surface area contributed by atoms with Crippen LogP contribution >= 0.6 is 0 Å². The van der Waals surface area contributed by atoms with Crippen molar-refractivity contribution in [3.8, 4) is 5.75 Å². The molecule has 1 N–H and O–H groups in total. The molecule has 2 rings (SSSR count). The summed E-state index contributed by atoms with van der Waals surface area (Å²) in [6, 6.07) is 2.40. The van der Waals surface area contributed by atoms with Crippen molar-refractivity contribution < 1.29 is 9.13 Å². The lowest BCUT2D eigenvalue weighted by Crippen LogP contribution is -2.12. The van der Waals surface area contributed by atoms with Crippen LogP contribution in [0.4, 0.5) is 4.39 Å². The van der Waals surface area contributed by atoms with Crippen molar-refractivity contribution >= 4 is 10.9 Å². The first-order valence-corrected chi connectivity index (χ1v) is 4.91. The summed E-state index contributed by atoms with van der Waals surface area (Å²) in [6.45, 7) is 3.61. The standard InChI is InChI=1S/C11H11FN2O2/c1-6(2)16-9-4-7(12)3-8-10(9)11(15)14-5-13-8/h3-6H,1-2H3,(H,13,14,15). The number of hydrogen-bond donors (Lipinski definition) is 1. The quantitative estimate of drug-likeness (QED) is 0.843. The average Bonchev–Trinajstić information content (AvgIpc) is 2.15. The summed E-state index contributed by atoms with van der Waals surface area (Å²) in [7, 11) is 0. The number of aromatic amines is 1. The highest BCUT2D eigenvalue weighted by Gasteiger charge is 2.11. The third kappa shape index (κ3) is 1.88. The Morgan fingerprint density at radius 1 is 1.44 bits per heavy atom. The monoisotopic (exact) mass is 222 g/mol. The smallest absolute Gasteiger partial charge is 0.262 e. The first-order valence-electron chi connectivity index (χ1n) is 4.91. The number of H-pyrrole nitrogens is 1. The molecule has 0 saturated heterocycles. The number of benzene rings is 1. The number of nitrogens with zero attached hydrogens (tertiary/aromatic N) is 1. The van der Waals surface area contributed by atoms with Crippen LogP contribution in [0.1, 0.15) is 13.8 Å². The summed E-state index contributed by atoms with van der Waals surface area (Å²) >= 11 is 0. The van der Waals surface area contributed by atoms with Crippen LogP contribution in [0.2, 0.25) is 0 Å². The summed E-state index contributed by atoms with van der Waals surface area (Å²) in [5.41, 5.74) is -0.0416. The van der Waals surface area contributed by atoms with Crippen molar-refractivity contribution in [2.24, 2.45) is 0 Å². The SMILES string of the molecule is CC(C)Oc1cc(F)cc2nc[nH]c(=O)c12. The Morgan fingerprint density at radius 3 is 2.88 bits per heavy atom. The molecule has 0 bridgehead atoms. The van der Waals surface area contributed by atoms with E-state index in [4.69, 9.17) is 4.74 Å². The van der Waals surface area contributed by atoms with Crippen LogP contribution in [0, 0.1) is 5.82 Å². The Kier molecular flexibility index (Phi) is 2.60. The number of fused-ring (bicyclic) bond motifs is 1. The highest BCUT2D eigenvalue weighted by molar-refractivity contribution is 5.84. The molecule has 0 spiro atoms. The van der Waals surface area contributed by atoms with Crippen LogP contribution in [0.15, 0.2) is 23.3 Å². The van der Waals surface area contributed by atoms with E-state index < -0.39 is 5.82 Å². The Balaban J connectivity index is 2.75. The number of rotatable bonds is 2. The molecule has 0 atom stereocenters. The fraction of sp³-hybridized carbons (Fsp3) is 0.273. The van der Waals surface area contributed by atoms with E-state index in [1.807, 2.05) is 0 Å². The normalized spacial score (nSPS) is 11.0. The lowest BCUT2D eigenvalue weighted by Gasteiger charge is -2.11. The van der Waals surface area contributed by atoms with Crippen molar-refractivity contribution in [3.63, 3.8) is 0 Å². The van der Waals surface area contributed by atoms with Crippen molar-refractivity contribution in [2.45, 2.75) is 20.0 Å². The Bertz CT molecular complexity index is 578. The van der Waals surface area contributed by atoms with Gasteiger partial charge < -0.3 is 9.72 Å². The maximum Gasteiger partial charge on any atom is 0.262 e. The molecule has 84 valence electrons. The van der Waals surface area contributed by atoms with Crippen molar-refractivity contribution in [1.29, 1.82) is 0 Å². The molecule has 0 aliphatic carbocycles. The van der Waals surface area contributed by atoms with Gasteiger partial charge in [-0.2, -0.15) is 0 Å². The van der Waals surface area contributed by atoms with E-state index >= 15 is 0 Å². The van der Waals surface area contributed by atoms with E-state index in [1.165, 1.54) is 18.5 Å². The van der Waals surface area contributed by atoms with Gasteiger partial charge in [0.1, 0.15) is 17.0 Å². The molecule has 0 unspecified atom stereocenters. The van der Waals surface area contributed by atoms with Crippen LogP contribution < -0.4 is 10.3 Å². The molecule has 5 heteroatoms. The van der Waals surface area contributed by atoms with E-state index in [1.54, 1.807) is 13.8 Å². The third-order valence-corrected chi connectivity index (χ3v) is 2.04. The van der Waals surface area contributed by atoms with E-state index in [-0.39, 0.29) is 22.8 Å². The van der Waals surface area contributed by atoms with Gasteiger partial charge in [-0.1, -0.05) is 0 Å². The molecule has 1 aromatic heterocycles. The van der Waals surface area contributed by atoms with Gasteiger partial charge in [0.2, 0.25) is 0 Å². The minimum absolute atomic E-state index is 0.135. The molecular formula is C11H11FN2O2. The molecule has 0 aliphatic heterocycles. The highest BCUT2D eigenvalue weighted by Crippen LogP contribution is 2.23. The van der Waals surface area contributed by atoms with Crippen LogP contribution in [-0.2, 0) is 0 Å². The summed E-state index contributed by atoms with van der Waals surface area (Å²) in [5.74, 6) is -0.249. The molecule has 2 aromatic rings. The van der Waals surface area contributed by atoms with Crippen LogP contribution in [0.25, 0.3) is 10.9 Å². The predicted octanol–water partition coefficient (Wildman–Crippen LogP) is 1.85. The van der Waals surface area contributed by atoms with Gasteiger partial charge in [-0.3, -0.25) is 4.79 Å². The molecule has 1 heterocycles. The summed E-state index contributed by atoms with van der Waals surface area (Å²) in [4.78, 5) is 17.9. The zero-order valence-electron chi connectivity index (χ0n) is 8.95. The highest BCUT2D eigenvalue weighted by atomic mass is 19.1. The van der Waals surface area contributed by atoms with Crippen molar-refractivity contribution in [3.05, 3.63) is 34.6 Å². The molecule has 16 heavy (non-hydrogen) atoms. The number of aromatic nitrogens is 2. The van der Waals surface area contributed by atoms with Gasteiger partial charge in [-0.05, 0) is 13.8 Å². The molecule has 0 saturated carbocycles. The van der Waals surface area contributed by atoms with Gasteiger partial charge in [0, 0.05) is 12.1 Å². The Hall–Kier alpha value is -1.91. The van der Waals surface area contributed by atoms with Gasteiger partial charge >= 0.3 is 0 Å². The second kappa shape index (κ2) is 3.92. The lowest BCUT2D eigenvalue weighted by atomic mass is 10.2. The molecule has 4 nitrogen and oxygen atoms in total. The van der Waals surface area contributed by atoms with Crippen LogP contribution in [0.5, 0.6) is 5.75 Å². The molecule has 0 amide bonds. The molecular weight excluding hydrogens is 211 g/mol. The first-order chi connectivity index (χ1) is 7.58. The maximum atomic E-state index is 13.2. The fourth-order valence-electron chi connectivity index (χ4n) is 1.48.